The molecule has 92 valence electrons. The average Bonchev–Trinajstić information content (AvgIpc) is 2.15. The number of azide groups is 1. The van der Waals surface area contributed by atoms with Gasteiger partial charge in [0, 0.05) is 4.91 Å². The van der Waals surface area contributed by atoms with Crippen LogP contribution in [0.25, 0.3) is 10.4 Å². The Bertz CT molecular complexity index is 336. The SMILES string of the molecule is CCOC(=O)[C@@H](N)C[C@H](N=[N+]=[N-])P(=O)(O)O. The lowest BCUT2D eigenvalue weighted by Gasteiger charge is -2.16. The molecule has 0 rings (SSSR count). The van der Waals surface area contributed by atoms with Gasteiger partial charge in [0.1, 0.15) is 11.8 Å². The van der Waals surface area contributed by atoms with Crippen molar-refractivity contribution >= 4 is 13.6 Å². The standard InChI is InChI=1S/C6H13N4O5P/c1-2-15-6(11)4(7)3-5(9-10-8)16(12,13)14/h4-5H,2-3,7H2,1H3,(H2,12,13,14)/t4-,5+/m0/s1. The number of hydrogen-bond donors (Lipinski definition) is 3. The zero-order chi connectivity index (χ0) is 12.8. The van der Waals surface area contributed by atoms with Crippen LogP contribution in [0.2, 0.25) is 0 Å². The number of hydrogen-bond acceptors (Lipinski definition) is 5. The first-order valence-corrected chi connectivity index (χ1v) is 6.02. The molecule has 0 aliphatic carbocycles. The molecule has 0 saturated heterocycles. The number of esters is 1. The van der Waals surface area contributed by atoms with Crippen molar-refractivity contribution in [3.8, 4) is 0 Å². The zero-order valence-corrected chi connectivity index (χ0v) is 9.45. The summed E-state index contributed by atoms with van der Waals surface area (Å²) in [7, 11) is -4.61. The second-order valence-corrected chi connectivity index (χ2v) is 4.64. The van der Waals surface area contributed by atoms with E-state index < -0.39 is 31.8 Å². The fourth-order valence-electron chi connectivity index (χ4n) is 0.884. The van der Waals surface area contributed by atoms with Crippen molar-refractivity contribution in [3.63, 3.8) is 0 Å². The predicted molar refractivity (Wildman–Crippen MR) is 54.2 cm³/mol. The van der Waals surface area contributed by atoms with Crippen LogP contribution in [-0.4, -0.2) is 34.2 Å². The highest BCUT2D eigenvalue weighted by Crippen LogP contribution is 2.44. The fourth-order valence-corrected chi connectivity index (χ4v) is 1.57. The Balaban J connectivity index is 4.59. The maximum atomic E-state index is 11.1. The minimum atomic E-state index is -4.61. The monoisotopic (exact) mass is 252 g/mol. The summed E-state index contributed by atoms with van der Waals surface area (Å²) < 4.78 is 15.4. The lowest BCUT2D eigenvalue weighted by molar-refractivity contribution is -0.144. The third kappa shape index (κ3) is 5.11. The van der Waals surface area contributed by atoms with Gasteiger partial charge in [-0.1, -0.05) is 5.11 Å². The summed E-state index contributed by atoms with van der Waals surface area (Å²) in [6, 6.07) is -1.23. The van der Waals surface area contributed by atoms with E-state index in [0.29, 0.717) is 0 Å². The van der Waals surface area contributed by atoms with Crippen LogP contribution in [0.1, 0.15) is 13.3 Å². The zero-order valence-electron chi connectivity index (χ0n) is 8.55. The van der Waals surface area contributed by atoms with Crippen LogP contribution in [-0.2, 0) is 14.1 Å². The van der Waals surface area contributed by atoms with Crippen molar-refractivity contribution < 1.29 is 23.9 Å². The van der Waals surface area contributed by atoms with Crippen LogP contribution >= 0.6 is 7.60 Å². The van der Waals surface area contributed by atoms with E-state index in [1.165, 1.54) is 0 Å². The molecule has 0 aromatic heterocycles. The topological polar surface area (TPSA) is 159 Å². The van der Waals surface area contributed by atoms with Crippen LogP contribution in [0.5, 0.6) is 0 Å². The van der Waals surface area contributed by atoms with Gasteiger partial charge in [0.05, 0.1) is 6.61 Å². The Morgan fingerprint density at radius 1 is 1.69 bits per heavy atom. The van der Waals surface area contributed by atoms with E-state index in [0.717, 1.165) is 0 Å². The van der Waals surface area contributed by atoms with Gasteiger partial charge in [-0.15, -0.1) is 0 Å². The quantitative estimate of drug-likeness (QED) is 0.199. The Hall–Kier alpha value is -1.11. The summed E-state index contributed by atoms with van der Waals surface area (Å²) in [4.78, 5) is 31.0. The van der Waals surface area contributed by atoms with Crippen LogP contribution in [0.3, 0.4) is 0 Å². The van der Waals surface area contributed by atoms with Crippen molar-refractivity contribution in [3.05, 3.63) is 10.4 Å². The molecule has 0 aromatic rings. The number of rotatable bonds is 6. The molecular formula is C6H13N4O5P. The fraction of sp³-hybridized carbons (Fsp3) is 0.833. The van der Waals surface area contributed by atoms with Gasteiger partial charge in [0.25, 0.3) is 0 Å². The lowest BCUT2D eigenvalue weighted by atomic mass is 10.2. The molecule has 2 atom stereocenters. The summed E-state index contributed by atoms with van der Waals surface area (Å²) in [5.74, 6) is -2.45. The molecule has 16 heavy (non-hydrogen) atoms. The van der Waals surface area contributed by atoms with Crippen molar-refractivity contribution in [1.82, 2.24) is 0 Å². The maximum Gasteiger partial charge on any atom is 0.334 e. The Kier molecular flexibility index (Phi) is 6.02. The second kappa shape index (κ2) is 6.47. The van der Waals surface area contributed by atoms with Crippen molar-refractivity contribution in [2.45, 2.75) is 25.2 Å². The maximum absolute atomic E-state index is 11.1. The van der Waals surface area contributed by atoms with Crippen LogP contribution in [0.15, 0.2) is 5.11 Å². The van der Waals surface area contributed by atoms with Crippen LogP contribution in [0, 0.1) is 0 Å². The molecule has 0 aromatic carbocycles. The molecule has 0 heterocycles. The summed E-state index contributed by atoms with van der Waals surface area (Å²) >= 11 is 0. The lowest BCUT2D eigenvalue weighted by Crippen LogP contribution is -2.35. The molecular weight excluding hydrogens is 239 g/mol. The molecule has 9 nitrogen and oxygen atoms in total. The Morgan fingerprint density at radius 2 is 2.25 bits per heavy atom. The van der Waals surface area contributed by atoms with Crippen molar-refractivity contribution in [2.24, 2.45) is 10.8 Å². The van der Waals surface area contributed by atoms with E-state index in [9.17, 15) is 9.36 Å². The summed E-state index contributed by atoms with van der Waals surface area (Å²) in [5, 5.41) is 2.91. The summed E-state index contributed by atoms with van der Waals surface area (Å²) in [6.07, 6.45) is -0.465. The molecule has 0 saturated carbocycles. The minimum Gasteiger partial charge on any atom is -0.465 e. The van der Waals surface area contributed by atoms with Gasteiger partial charge in [-0.2, -0.15) is 0 Å². The van der Waals surface area contributed by atoms with Gasteiger partial charge >= 0.3 is 13.6 Å². The summed E-state index contributed by atoms with van der Waals surface area (Å²) in [5.41, 5.74) is 13.4. The highest BCUT2D eigenvalue weighted by molar-refractivity contribution is 7.52. The normalized spacial score (nSPS) is 14.8. The van der Waals surface area contributed by atoms with Gasteiger partial charge in [-0.25, -0.2) is 0 Å². The molecule has 4 N–H and O–H groups in total. The average molecular weight is 252 g/mol. The molecule has 0 amide bonds. The number of carbonyl (C=O) groups excluding carboxylic acids is 1. The third-order valence-electron chi connectivity index (χ3n) is 1.63. The smallest absolute Gasteiger partial charge is 0.334 e. The van der Waals surface area contributed by atoms with Gasteiger partial charge in [0.15, 0.2) is 0 Å². The van der Waals surface area contributed by atoms with Crippen LogP contribution < -0.4 is 5.73 Å². The van der Waals surface area contributed by atoms with E-state index >= 15 is 0 Å². The number of nitrogens with zero attached hydrogens (tertiary/aromatic N) is 3. The van der Waals surface area contributed by atoms with Gasteiger partial charge in [-0.05, 0) is 18.9 Å². The minimum absolute atomic E-state index is 0.106. The Morgan fingerprint density at radius 3 is 2.62 bits per heavy atom. The third-order valence-corrected chi connectivity index (χ3v) is 2.72. The van der Waals surface area contributed by atoms with Gasteiger partial charge in [-0.3, -0.25) is 9.36 Å². The molecule has 0 spiro atoms. The molecule has 0 unspecified atom stereocenters. The van der Waals surface area contributed by atoms with Crippen molar-refractivity contribution in [2.75, 3.05) is 6.61 Å². The van der Waals surface area contributed by atoms with E-state index in [1.807, 2.05) is 0 Å². The van der Waals surface area contributed by atoms with E-state index in [-0.39, 0.29) is 6.61 Å². The van der Waals surface area contributed by atoms with Gasteiger partial charge in [0.2, 0.25) is 0 Å². The van der Waals surface area contributed by atoms with Gasteiger partial charge < -0.3 is 20.3 Å². The molecule has 10 heteroatoms. The molecule has 0 aliphatic rings. The highest BCUT2D eigenvalue weighted by atomic mass is 31.2. The molecule has 0 aliphatic heterocycles. The number of carbonyl (C=O) groups is 1. The first kappa shape index (κ1) is 14.9. The van der Waals surface area contributed by atoms with Crippen LogP contribution in [0.4, 0.5) is 0 Å². The molecule has 0 fully saturated rings. The van der Waals surface area contributed by atoms with E-state index in [1.54, 1.807) is 6.92 Å². The largest absolute Gasteiger partial charge is 0.465 e. The predicted octanol–water partition coefficient (Wildman–Crippen LogP) is 0.0810. The number of nitrogens with two attached hydrogens (primary N) is 1. The summed E-state index contributed by atoms with van der Waals surface area (Å²) in [6.45, 7) is 1.67. The second-order valence-electron chi connectivity index (χ2n) is 2.87. The van der Waals surface area contributed by atoms with Crippen molar-refractivity contribution in [1.29, 1.82) is 0 Å². The first-order valence-electron chi connectivity index (χ1n) is 4.34. The van der Waals surface area contributed by atoms with E-state index in [2.05, 4.69) is 14.8 Å². The first-order chi connectivity index (χ1) is 7.32. The Labute approximate surface area is 91.4 Å². The molecule has 0 bridgehead atoms. The molecule has 0 radical (unpaired) electrons. The highest BCUT2D eigenvalue weighted by Gasteiger charge is 2.32. The number of ether oxygens (including phenoxy) is 1. The van der Waals surface area contributed by atoms with E-state index in [4.69, 9.17) is 21.1 Å².